The fourth-order valence-electron chi connectivity index (χ4n) is 1.86. The number of carbonyl (C=O) groups is 2. The summed E-state index contributed by atoms with van der Waals surface area (Å²) in [6, 6.07) is 0. The lowest BCUT2D eigenvalue weighted by Crippen LogP contribution is -2.36. The van der Waals surface area contributed by atoms with Crippen LogP contribution in [0.3, 0.4) is 0 Å². The third-order valence-corrected chi connectivity index (χ3v) is 2.62. The molecule has 78 valence electrons. The molecule has 14 heavy (non-hydrogen) atoms. The normalized spacial score (nSPS) is 31.1. The zero-order valence-electron chi connectivity index (χ0n) is 8.27. The SMILES string of the molecule is COC(=O)C1CC=CC(C)C1C(=O)O. The molecule has 0 aromatic rings. The van der Waals surface area contributed by atoms with Crippen molar-refractivity contribution >= 4 is 11.9 Å². The van der Waals surface area contributed by atoms with Gasteiger partial charge in [-0.2, -0.15) is 0 Å². The summed E-state index contributed by atoms with van der Waals surface area (Å²) in [5.74, 6) is -2.69. The minimum atomic E-state index is -0.933. The molecule has 0 spiro atoms. The predicted molar refractivity (Wildman–Crippen MR) is 49.6 cm³/mol. The van der Waals surface area contributed by atoms with Crippen molar-refractivity contribution in [1.29, 1.82) is 0 Å². The Balaban J connectivity index is 2.88. The Kier molecular flexibility index (Phi) is 3.28. The quantitative estimate of drug-likeness (QED) is 0.532. The number of allylic oxidation sites excluding steroid dienone is 2. The van der Waals surface area contributed by atoms with Crippen LogP contribution in [0.15, 0.2) is 12.2 Å². The van der Waals surface area contributed by atoms with Crippen molar-refractivity contribution in [2.45, 2.75) is 13.3 Å². The van der Waals surface area contributed by atoms with Crippen molar-refractivity contribution in [2.24, 2.45) is 17.8 Å². The number of methoxy groups -OCH3 is 1. The van der Waals surface area contributed by atoms with Crippen LogP contribution >= 0.6 is 0 Å². The topological polar surface area (TPSA) is 63.6 Å². The summed E-state index contributed by atoms with van der Waals surface area (Å²) >= 11 is 0. The number of hydrogen-bond donors (Lipinski definition) is 1. The number of hydrogen-bond acceptors (Lipinski definition) is 3. The van der Waals surface area contributed by atoms with Gasteiger partial charge in [0.25, 0.3) is 0 Å². The summed E-state index contributed by atoms with van der Waals surface area (Å²) in [6.07, 6.45) is 4.12. The lowest BCUT2D eigenvalue weighted by atomic mass is 9.77. The van der Waals surface area contributed by atoms with E-state index < -0.39 is 23.8 Å². The van der Waals surface area contributed by atoms with Crippen molar-refractivity contribution in [3.63, 3.8) is 0 Å². The van der Waals surface area contributed by atoms with Gasteiger partial charge >= 0.3 is 11.9 Å². The minimum Gasteiger partial charge on any atom is -0.481 e. The number of ether oxygens (including phenoxy) is 1. The second kappa shape index (κ2) is 4.26. The molecular formula is C10H14O4. The molecular weight excluding hydrogens is 184 g/mol. The summed E-state index contributed by atoms with van der Waals surface area (Å²) in [5, 5.41) is 8.98. The minimum absolute atomic E-state index is 0.120. The Bertz CT molecular complexity index is 269. The molecule has 1 aliphatic carbocycles. The van der Waals surface area contributed by atoms with Gasteiger partial charge in [0.15, 0.2) is 0 Å². The summed E-state index contributed by atoms with van der Waals surface area (Å²) in [4.78, 5) is 22.3. The van der Waals surface area contributed by atoms with Gasteiger partial charge in [0.2, 0.25) is 0 Å². The van der Waals surface area contributed by atoms with Gasteiger partial charge in [-0.05, 0) is 12.3 Å². The molecule has 0 bridgehead atoms. The highest BCUT2D eigenvalue weighted by Gasteiger charge is 2.38. The van der Waals surface area contributed by atoms with E-state index in [0.29, 0.717) is 6.42 Å². The molecule has 0 heterocycles. The number of carboxylic acids is 1. The number of carbonyl (C=O) groups excluding carboxylic acids is 1. The average molecular weight is 198 g/mol. The molecule has 3 unspecified atom stereocenters. The van der Waals surface area contributed by atoms with Crippen LogP contribution in [0.2, 0.25) is 0 Å². The smallest absolute Gasteiger partial charge is 0.309 e. The summed E-state index contributed by atoms with van der Waals surface area (Å²) in [6.45, 7) is 1.80. The standard InChI is InChI=1S/C10H14O4/c1-6-4-3-5-7(10(13)14-2)8(6)9(11)12/h3-4,6-8H,5H2,1-2H3,(H,11,12). The highest BCUT2D eigenvalue weighted by atomic mass is 16.5. The Morgan fingerprint density at radius 1 is 1.50 bits per heavy atom. The molecule has 0 aromatic carbocycles. The Labute approximate surface area is 82.6 Å². The second-order valence-electron chi connectivity index (χ2n) is 3.52. The molecule has 4 heteroatoms. The van der Waals surface area contributed by atoms with Gasteiger partial charge in [-0.1, -0.05) is 19.1 Å². The third-order valence-electron chi connectivity index (χ3n) is 2.62. The molecule has 0 saturated carbocycles. The molecule has 0 fully saturated rings. The molecule has 1 rings (SSSR count). The van der Waals surface area contributed by atoms with E-state index in [4.69, 9.17) is 5.11 Å². The highest BCUT2D eigenvalue weighted by molar-refractivity contribution is 5.82. The van der Waals surface area contributed by atoms with Crippen LogP contribution in [0.1, 0.15) is 13.3 Å². The predicted octanol–water partition coefficient (Wildman–Crippen LogP) is 1.07. The lowest BCUT2D eigenvalue weighted by molar-refractivity contribution is -0.157. The van der Waals surface area contributed by atoms with Crippen LogP contribution in [-0.2, 0) is 14.3 Å². The fraction of sp³-hybridized carbons (Fsp3) is 0.600. The van der Waals surface area contributed by atoms with E-state index in [1.165, 1.54) is 7.11 Å². The van der Waals surface area contributed by atoms with Crippen molar-refractivity contribution in [3.05, 3.63) is 12.2 Å². The summed E-state index contributed by atoms with van der Waals surface area (Å²) in [7, 11) is 1.28. The van der Waals surface area contributed by atoms with E-state index in [2.05, 4.69) is 4.74 Å². The van der Waals surface area contributed by atoms with Gasteiger partial charge in [-0.15, -0.1) is 0 Å². The van der Waals surface area contributed by atoms with E-state index in [1.54, 1.807) is 6.92 Å². The third kappa shape index (κ3) is 1.95. The van der Waals surface area contributed by atoms with Crippen LogP contribution in [0.4, 0.5) is 0 Å². The molecule has 0 saturated heterocycles. The molecule has 4 nitrogen and oxygen atoms in total. The summed E-state index contributed by atoms with van der Waals surface area (Å²) in [5.41, 5.74) is 0. The van der Waals surface area contributed by atoms with Gasteiger partial charge in [0, 0.05) is 0 Å². The molecule has 3 atom stereocenters. The maximum absolute atomic E-state index is 11.3. The molecule has 0 aliphatic heterocycles. The Morgan fingerprint density at radius 2 is 2.14 bits per heavy atom. The number of esters is 1. The van der Waals surface area contributed by atoms with Gasteiger partial charge in [0.05, 0.1) is 18.9 Å². The largest absolute Gasteiger partial charge is 0.481 e. The molecule has 0 radical (unpaired) electrons. The highest BCUT2D eigenvalue weighted by Crippen LogP contribution is 2.31. The van der Waals surface area contributed by atoms with Crippen molar-refractivity contribution in [3.8, 4) is 0 Å². The van der Waals surface area contributed by atoms with Gasteiger partial charge in [-0.3, -0.25) is 9.59 Å². The van der Waals surface area contributed by atoms with Crippen LogP contribution in [0, 0.1) is 17.8 Å². The number of carboxylic acid groups (broad SMARTS) is 1. The van der Waals surface area contributed by atoms with Crippen molar-refractivity contribution < 1.29 is 19.4 Å². The number of rotatable bonds is 2. The van der Waals surface area contributed by atoms with E-state index in [1.807, 2.05) is 12.2 Å². The van der Waals surface area contributed by atoms with E-state index in [9.17, 15) is 9.59 Å². The molecule has 0 aromatic heterocycles. The average Bonchev–Trinajstić information content (AvgIpc) is 2.15. The monoisotopic (exact) mass is 198 g/mol. The maximum Gasteiger partial charge on any atom is 0.309 e. The Hall–Kier alpha value is -1.32. The summed E-state index contributed by atoms with van der Waals surface area (Å²) < 4.78 is 4.58. The van der Waals surface area contributed by atoms with Gasteiger partial charge in [-0.25, -0.2) is 0 Å². The first kappa shape index (κ1) is 10.8. The van der Waals surface area contributed by atoms with Crippen LogP contribution in [-0.4, -0.2) is 24.2 Å². The van der Waals surface area contributed by atoms with Crippen molar-refractivity contribution in [2.75, 3.05) is 7.11 Å². The first-order valence-electron chi connectivity index (χ1n) is 4.55. The molecule has 0 amide bonds. The van der Waals surface area contributed by atoms with Crippen LogP contribution < -0.4 is 0 Å². The van der Waals surface area contributed by atoms with Crippen LogP contribution in [0.5, 0.6) is 0 Å². The zero-order chi connectivity index (χ0) is 10.7. The first-order chi connectivity index (χ1) is 6.57. The number of aliphatic carboxylic acids is 1. The van der Waals surface area contributed by atoms with Crippen molar-refractivity contribution in [1.82, 2.24) is 0 Å². The lowest BCUT2D eigenvalue weighted by Gasteiger charge is -2.27. The van der Waals surface area contributed by atoms with E-state index >= 15 is 0 Å². The van der Waals surface area contributed by atoms with Gasteiger partial charge < -0.3 is 9.84 Å². The van der Waals surface area contributed by atoms with Crippen LogP contribution in [0.25, 0.3) is 0 Å². The first-order valence-corrected chi connectivity index (χ1v) is 4.55. The van der Waals surface area contributed by atoms with Gasteiger partial charge in [0.1, 0.15) is 0 Å². The molecule has 1 aliphatic rings. The Morgan fingerprint density at radius 3 is 2.64 bits per heavy atom. The fourth-order valence-corrected chi connectivity index (χ4v) is 1.86. The second-order valence-corrected chi connectivity index (χ2v) is 3.52. The maximum atomic E-state index is 11.3. The van der Waals surface area contributed by atoms with E-state index in [-0.39, 0.29) is 5.92 Å². The van der Waals surface area contributed by atoms with E-state index in [0.717, 1.165) is 0 Å². The molecule has 1 N–H and O–H groups in total. The zero-order valence-corrected chi connectivity index (χ0v) is 8.27.